The highest BCUT2D eigenvalue weighted by Crippen LogP contribution is 2.29. The minimum atomic E-state index is -0.379. The number of likely N-dealkylation sites (N-methyl/N-ethyl adjacent to an activating group) is 1. The number of benzene rings is 1. The highest BCUT2D eigenvalue weighted by Gasteiger charge is 2.32. The molecule has 2 N–H and O–H groups in total. The molecule has 1 fully saturated rings. The van der Waals surface area contributed by atoms with Crippen LogP contribution in [0.4, 0.5) is 10.1 Å². The Hall–Kier alpha value is -1.17. The summed E-state index contributed by atoms with van der Waals surface area (Å²) in [7, 11) is 4.00. The fourth-order valence-corrected chi connectivity index (χ4v) is 2.94. The molecule has 2 atom stereocenters. The molecule has 0 spiro atoms. The Morgan fingerprint density at radius 3 is 2.81 bits per heavy atom. The summed E-state index contributed by atoms with van der Waals surface area (Å²) in [6.45, 7) is 4.89. The first kappa shape index (κ1) is 16.2. The number of halogens is 1. The van der Waals surface area contributed by atoms with Gasteiger partial charge in [-0.25, -0.2) is 4.39 Å². The van der Waals surface area contributed by atoms with Crippen LogP contribution in [0.3, 0.4) is 0 Å². The van der Waals surface area contributed by atoms with Gasteiger partial charge in [-0.3, -0.25) is 0 Å². The quantitative estimate of drug-likeness (QED) is 0.833. The van der Waals surface area contributed by atoms with Gasteiger partial charge in [0.15, 0.2) is 0 Å². The summed E-state index contributed by atoms with van der Waals surface area (Å²) in [6.07, 6.45) is 0.312. The average molecular weight is 295 g/mol. The highest BCUT2D eigenvalue weighted by atomic mass is 19.1. The van der Waals surface area contributed by atoms with Crippen molar-refractivity contribution < 1.29 is 9.50 Å². The molecule has 0 aromatic heterocycles. The lowest BCUT2D eigenvalue weighted by Crippen LogP contribution is -2.38. The number of hydrogen-bond donors (Lipinski definition) is 2. The molecule has 1 aliphatic rings. The Kier molecular flexibility index (Phi) is 5.56. The Morgan fingerprint density at radius 1 is 1.43 bits per heavy atom. The normalized spacial score (nSPS) is 22.3. The molecule has 0 radical (unpaired) electrons. The lowest BCUT2D eigenvalue weighted by molar-refractivity contribution is 0.191. The van der Waals surface area contributed by atoms with E-state index in [1.807, 2.05) is 38.1 Å². The first-order valence-electron chi connectivity index (χ1n) is 7.59. The van der Waals surface area contributed by atoms with Gasteiger partial charge < -0.3 is 20.2 Å². The standard InChI is InChI=1S/C16H26FN3O/c1-4-18-9-12-5-6-16(15(17)7-12)20-11-14(21)8-13(20)10-19(2)3/h5-7,13-14,18,21H,4,8-11H2,1-3H3. The molecule has 1 heterocycles. The molecule has 0 saturated carbocycles. The monoisotopic (exact) mass is 295 g/mol. The van der Waals surface area contributed by atoms with Crippen LogP contribution in [-0.4, -0.2) is 55.9 Å². The fourth-order valence-electron chi connectivity index (χ4n) is 2.94. The first-order chi connectivity index (χ1) is 10.0. The van der Waals surface area contributed by atoms with Crippen LogP contribution >= 0.6 is 0 Å². The van der Waals surface area contributed by atoms with Gasteiger partial charge in [0.1, 0.15) is 5.82 Å². The molecule has 118 valence electrons. The number of rotatable bonds is 6. The largest absolute Gasteiger partial charge is 0.391 e. The third kappa shape index (κ3) is 4.15. The summed E-state index contributed by atoms with van der Waals surface area (Å²) < 4.78 is 14.4. The minimum Gasteiger partial charge on any atom is -0.391 e. The van der Waals surface area contributed by atoms with E-state index in [1.54, 1.807) is 6.07 Å². The molecule has 0 bridgehead atoms. The highest BCUT2D eigenvalue weighted by molar-refractivity contribution is 5.51. The van der Waals surface area contributed by atoms with E-state index < -0.39 is 0 Å². The summed E-state index contributed by atoms with van der Waals surface area (Å²) in [6, 6.07) is 5.54. The van der Waals surface area contributed by atoms with Crippen molar-refractivity contribution in [3.05, 3.63) is 29.6 Å². The number of anilines is 1. The van der Waals surface area contributed by atoms with E-state index in [1.165, 1.54) is 0 Å². The van der Waals surface area contributed by atoms with Gasteiger partial charge in [0.25, 0.3) is 0 Å². The molecular weight excluding hydrogens is 269 g/mol. The summed E-state index contributed by atoms with van der Waals surface area (Å²) in [5.41, 5.74) is 1.54. The second kappa shape index (κ2) is 7.20. The van der Waals surface area contributed by atoms with Crippen LogP contribution in [0.15, 0.2) is 18.2 Å². The molecule has 2 unspecified atom stereocenters. The number of aliphatic hydroxyl groups is 1. The van der Waals surface area contributed by atoms with Crippen LogP contribution < -0.4 is 10.2 Å². The van der Waals surface area contributed by atoms with Gasteiger partial charge in [-0.2, -0.15) is 0 Å². The molecule has 0 aliphatic carbocycles. The molecular formula is C16H26FN3O. The lowest BCUT2D eigenvalue weighted by atomic mass is 10.1. The fraction of sp³-hybridized carbons (Fsp3) is 0.625. The van der Waals surface area contributed by atoms with Gasteiger partial charge in [0.05, 0.1) is 11.8 Å². The SMILES string of the molecule is CCNCc1ccc(N2CC(O)CC2CN(C)C)c(F)c1. The van der Waals surface area contributed by atoms with Crippen LogP contribution in [0.1, 0.15) is 18.9 Å². The van der Waals surface area contributed by atoms with Gasteiger partial charge in [0.2, 0.25) is 0 Å². The van der Waals surface area contributed by atoms with Gasteiger partial charge in [-0.15, -0.1) is 0 Å². The average Bonchev–Trinajstić information content (AvgIpc) is 2.76. The zero-order valence-electron chi connectivity index (χ0n) is 13.1. The maximum atomic E-state index is 14.4. The molecule has 1 aliphatic heterocycles. The number of nitrogens with one attached hydrogen (secondary N) is 1. The Bertz CT molecular complexity index is 467. The van der Waals surface area contributed by atoms with E-state index >= 15 is 0 Å². The van der Waals surface area contributed by atoms with Gasteiger partial charge >= 0.3 is 0 Å². The Morgan fingerprint density at radius 2 is 2.19 bits per heavy atom. The maximum absolute atomic E-state index is 14.4. The van der Waals surface area contributed by atoms with Crippen LogP contribution in [0, 0.1) is 5.82 Å². The third-order valence-corrected chi connectivity index (χ3v) is 3.87. The summed E-state index contributed by atoms with van der Waals surface area (Å²) in [5.74, 6) is -0.205. The molecule has 0 amide bonds. The lowest BCUT2D eigenvalue weighted by Gasteiger charge is -2.29. The van der Waals surface area contributed by atoms with Crippen LogP contribution in [0.5, 0.6) is 0 Å². The van der Waals surface area contributed by atoms with Crippen molar-refractivity contribution in [2.75, 3.05) is 38.6 Å². The van der Waals surface area contributed by atoms with Crippen molar-refractivity contribution in [3.8, 4) is 0 Å². The van der Waals surface area contributed by atoms with Crippen LogP contribution in [0.2, 0.25) is 0 Å². The van der Waals surface area contributed by atoms with E-state index in [2.05, 4.69) is 10.2 Å². The predicted molar refractivity (Wildman–Crippen MR) is 84.1 cm³/mol. The van der Waals surface area contributed by atoms with Gasteiger partial charge in [0, 0.05) is 25.7 Å². The number of hydrogen-bond acceptors (Lipinski definition) is 4. The summed E-state index contributed by atoms with van der Waals surface area (Å²) in [4.78, 5) is 4.07. The molecule has 4 nitrogen and oxygen atoms in total. The third-order valence-electron chi connectivity index (χ3n) is 3.87. The van der Waals surface area contributed by atoms with E-state index in [0.717, 1.165) is 18.7 Å². The second-order valence-corrected chi connectivity index (χ2v) is 6.02. The van der Waals surface area contributed by atoms with Gasteiger partial charge in [-0.1, -0.05) is 13.0 Å². The van der Waals surface area contributed by atoms with Crippen LogP contribution in [0.25, 0.3) is 0 Å². The van der Waals surface area contributed by atoms with E-state index in [4.69, 9.17) is 0 Å². The second-order valence-electron chi connectivity index (χ2n) is 6.02. The zero-order valence-corrected chi connectivity index (χ0v) is 13.1. The first-order valence-corrected chi connectivity index (χ1v) is 7.59. The molecule has 1 saturated heterocycles. The Labute approximate surface area is 126 Å². The van der Waals surface area contributed by atoms with Crippen molar-refractivity contribution in [1.29, 1.82) is 0 Å². The van der Waals surface area contributed by atoms with E-state index in [0.29, 0.717) is 25.2 Å². The predicted octanol–water partition coefficient (Wildman–Crippen LogP) is 1.44. The van der Waals surface area contributed by atoms with E-state index in [9.17, 15) is 9.50 Å². The van der Waals surface area contributed by atoms with Crippen molar-refractivity contribution in [2.24, 2.45) is 0 Å². The van der Waals surface area contributed by atoms with Gasteiger partial charge in [-0.05, 0) is 44.8 Å². The molecule has 5 heteroatoms. The van der Waals surface area contributed by atoms with Crippen molar-refractivity contribution >= 4 is 5.69 Å². The van der Waals surface area contributed by atoms with E-state index in [-0.39, 0.29) is 18.0 Å². The van der Waals surface area contributed by atoms with Crippen molar-refractivity contribution in [1.82, 2.24) is 10.2 Å². The molecule has 1 aromatic carbocycles. The summed E-state index contributed by atoms with van der Waals surface area (Å²) in [5, 5.41) is 13.1. The number of nitrogens with zero attached hydrogens (tertiary/aromatic N) is 2. The molecule has 2 rings (SSSR count). The molecule has 21 heavy (non-hydrogen) atoms. The Balaban J connectivity index is 2.15. The van der Waals surface area contributed by atoms with Crippen LogP contribution in [-0.2, 0) is 6.54 Å². The van der Waals surface area contributed by atoms with Crippen molar-refractivity contribution in [3.63, 3.8) is 0 Å². The van der Waals surface area contributed by atoms with Crippen molar-refractivity contribution in [2.45, 2.75) is 32.0 Å². The maximum Gasteiger partial charge on any atom is 0.146 e. The topological polar surface area (TPSA) is 38.7 Å². The molecule has 1 aromatic rings. The zero-order chi connectivity index (χ0) is 15.4. The number of β-amino-alcohol motifs (C(OH)–C–C–N with tert-alkyl or cyclic N) is 1. The summed E-state index contributed by atoms with van der Waals surface area (Å²) >= 11 is 0. The smallest absolute Gasteiger partial charge is 0.146 e. The number of aliphatic hydroxyl groups excluding tert-OH is 1. The minimum absolute atomic E-state index is 0.157.